The SMILES string of the molecule is COC(=O)C[C@H](C(=O)N1CCC[C@H]1c1ncc(-c2ccc3c(c2)COc2c-3ccc3cc(-c4cnc([C@@H]5CCCN5C(=O)[C@@H](NC(=O)OC)[C@@H](C)OC)[nH]4)ccc23)[nH]1)[C@@H](C)OC. The molecule has 3 aromatic carbocycles. The van der Waals surface area contributed by atoms with Crippen LogP contribution in [0, 0.1) is 5.92 Å². The molecule has 0 spiro atoms. The molecule has 6 atom stereocenters. The van der Waals surface area contributed by atoms with Crippen LogP contribution in [0.1, 0.15) is 75.2 Å². The fourth-order valence-corrected chi connectivity index (χ4v) is 9.04. The van der Waals surface area contributed by atoms with Gasteiger partial charge in [-0.2, -0.15) is 0 Å². The van der Waals surface area contributed by atoms with Crippen LogP contribution in [0.15, 0.2) is 60.9 Å². The molecule has 326 valence electrons. The van der Waals surface area contributed by atoms with E-state index in [9.17, 15) is 19.2 Å². The van der Waals surface area contributed by atoms with E-state index in [1.165, 1.54) is 28.4 Å². The number of alkyl carbamates (subject to hydrolysis) is 1. The van der Waals surface area contributed by atoms with Crippen molar-refractivity contribution in [2.24, 2.45) is 5.92 Å². The first-order chi connectivity index (χ1) is 30.0. The standard InChI is InChI=1S/C46H53N7O9/c1-25(58-3)34(21-39(54)60-5)44(55)52-17-7-9-37(52)42-47-23-36(50-42)29-12-14-31-30(20-29)24-62-41-32-15-13-28(19-27(32)11-16-33(31)41)35-22-48-43(49-35)38-10-8-18-53(38)45(56)40(26(2)59-4)51-46(57)61-6/h11-16,19-20,22-23,25-26,34,37-38,40H,7-10,17-18,21,24H2,1-6H3,(H,47,50)(H,48,49)(H,51,57)/t25-,26-,34+,37+,38+,40+/m1/s1. The highest BCUT2D eigenvalue weighted by atomic mass is 16.5. The van der Waals surface area contributed by atoms with Gasteiger partial charge in [-0.1, -0.05) is 30.3 Å². The maximum absolute atomic E-state index is 13.8. The van der Waals surface area contributed by atoms with E-state index in [2.05, 4.69) is 57.7 Å². The summed E-state index contributed by atoms with van der Waals surface area (Å²) in [6.45, 7) is 5.03. The summed E-state index contributed by atoms with van der Waals surface area (Å²) in [6.07, 6.45) is 4.95. The smallest absolute Gasteiger partial charge is 0.407 e. The Bertz CT molecular complexity index is 2480. The second kappa shape index (κ2) is 18.0. The number of nitrogens with one attached hydrogen (secondary N) is 3. The summed E-state index contributed by atoms with van der Waals surface area (Å²) in [5.41, 5.74) is 6.71. The number of hydrogen-bond acceptors (Lipinski definition) is 11. The van der Waals surface area contributed by atoms with Gasteiger partial charge in [0.15, 0.2) is 0 Å². The number of hydrogen-bond donors (Lipinski definition) is 3. The predicted molar refractivity (Wildman–Crippen MR) is 229 cm³/mol. The zero-order valence-electron chi connectivity index (χ0n) is 35.9. The molecule has 3 amide bonds. The van der Waals surface area contributed by atoms with Crippen LogP contribution >= 0.6 is 0 Å². The van der Waals surface area contributed by atoms with Crippen molar-refractivity contribution >= 4 is 34.6 Å². The number of imidazole rings is 2. The van der Waals surface area contributed by atoms with E-state index in [0.717, 1.165) is 81.4 Å². The predicted octanol–water partition coefficient (Wildman–Crippen LogP) is 6.48. The van der Waals surface area contributed by atoms with Gasteiger partial charge in [0.2, 0.25) is 11.8 Å². The van der Waals surface area contributed by atoms with E-state index in [1.807, 2.05) is 11.0 Å². The molecule has 3 aliphatic rings. The molecule has 2 saturated heterocycles. The number of fused-ring (bicyclic) bond motifs is 5. The van der Waals surface area contributed by atoms with Crippen LogP contribution in [-0.2, 0) is 39.9 Å². The molecule has 3 N–H and O–H groups in total. The summed E-state index contributed by atoms with van der Waals surface area (Å²) in [4.78, 5) is 71.7. The third kappa shape index (κ3) is 8.11. The van der Waals surface area contributed by atoms with Crippen LogP contribution in [0.2, 0.25) is 0 Å². The third-order valence-corrected chi connectivity index (χ3v) is 12.7. The number of carbonyl (C=O) groups is 4. The van der Waals surface area contributed by atoms with Crippen LogP contribution in [0.5, 0.6) is 5.75 Å². The lowest BCUT2D eigenvalue weighted by Gasteiger charge is -2.30. The summed E-state index contributed by atoms with van der Waals surface area (Å²) in [7, 11) is 5.62. The topological polar surface area (TPSA) is 190 Å². The quantitative estimate of drug-likeness (QED) is 0.110. The molecule has 0 saturated carbocycles. The van der Waals surface area contributed by atoms with Crippen molar-refractivity contribution in [3.05, 3.63) is 78.1 Å². The molecule has 16 nitrogen and oxygen atoms in total. The Kier molecular flexibility index (Phi) is 12.3. The maximum Gasteiger partial charge on any atom is 0.407 e. The number of likely N-dealkylation sites (tertiary alicyclic amines) is 2. The maximum atomic E-state index is 13.8. The third-order valence-electron chi connectivity index (χ3n) is 12.7. The fraction of sp³-hybridized carbons (Fsp3) is 0.435. The normalized spacial score (nSPS) is 18.9. The average Bonchev–Trinajstić information content (AvgIpc) is 4.15. The van der Waals surface area contributed by atoms with Crippen LogP contribution in [0.3, 0.4) is 0 Å². The van der Waals surface area contributed by atoms with Gasteiger partial charge >= 0.3 is 12.1 Å². The number of esters is 1. The fourth-order valence-electron chi connectivity index (χ4n) is 9.04. The van der Waals surface area contributed by atoms with E-state index >= 15 is 0 Å². The lowest BCUT2D eigenvalue weighted by Crippen LogP contribution is -2.54. The van der Waals surface area contributed by atoms with Crippen molar-refractivity contribution < 1.29 is 42.9 Å². The van der Waals surface area contributed by atoms with E-state index in [-0.39, 0.29) is 30.3 Å². The van der Waals surface area contributed by atoms with Crippen molar-refractivity contribution in [3.8, 4) is 39.4 Å². The number of nitrogens with zero attached hydrogens (tertiary/aromatic N) is 4. The lowest BCUT2D eigenvalue weighted by atomic mass is 9.92. The second-order valence-corrected chi connectivity index (χ2v) is 16.2. The number of benzene rings is 3. The van der Waals surface area contributed by atoms with Gasteiger partial charge < -0.3 is 48.8 Å². The zero-order chi connectivity index (χ0) is 43.7. The number of methoxy groups -OCH3 is 4. The van der Waals surface area contributed by atoms with Gasteiger partial charge in [-0.15, -0.1) is 0 Å². The Morgan fingerprint density at radius 1 is 0.774 bits per heavy atom. The van der Waals surface area contributed by atoms with Crippen molar-refractivity contribution in [1.82, 2.24) is 35.1 Å². The Hall–Kier alpha value is -6.26. The highest BCUT2D eigenvalue weighted by molar-refractivity contribution is 5.98. The molecule has 0 radical (unpaired) electrons. The van der Waals surface area contributed by atoms with Gasteiger partial charge in [-0.05, 0) is 79.8 Å². The molecule has 5 aromatic rings. The van der Waals surface area contributed by atoms with E-state index in [0.29, 0.717) is 31.3 Å². The molecule has 0 bridgehead atoms. The first-order valence-electron chi connectivity index (χ1n) is 21.0. The second-order valence-electron chi connectivity index (χ2n) is 16.2. The molecule has 2 aromatic heterocycles. The number of H-pyrrole nitrogens is 2. The monoisotopic (exact) mass is 847 g/mol. The molecular weight excluding hydrogens is 795 g/mol. The van der Waals surface area contributed by atoms with Gasteiger partial charge in [0.05, 0.1) is 74.6 Å². The largest absolute Gasteiger partial charge is 0.488 e. The first kappa shape index (κ1) is 42.4. The molecule has 0 aliphatic carbocycles. The summed E-state index contributed by atoms with van der Waals surface area (Å²) in [6, 6.07) is 15.3. The van der Waals surface area contributed by atoms with E-state index < -0.39 is 36.2 Å². The van der Waals surface area contributed by atoms with Crippen LogP contribution in [0.25, 0.3) is 44.4 Å². The molecule has 2 fully saturated rings. The number of carbonyl (C=O) groups excluding carboxylic acids is 4. The first-order valence-corrected chi connectivity index (χ1v) is 21.0. The number of ether oxygens (including phenoxy) is 5. The van der Waals surface area contributed by atoms with Crippen molar-refractivity contribution in [3.63, 3.8) is 0 Å². The molecule has 16 heteroatoms. The molecule has 62 heavy (non-hydrogen) atoms. The highest BCUT2D eigenvalue weighted by Crippen LogP contribution is 2.44. The summed E-state index contributed by atoms with van der Waals surface area (Å²) in [5, 5.41) is 4.64. The van der Waals surface area contributed by atoms with Crippen molar-refractivity contribution in [1.29, 1.82) is 0 Å². The highest BCUT2D eigenvalue weighted by Gasteiger charge is 2.40. The van der Waals surface area contributed by atoms with E-state index in [1.54, 1.807) is 31.1 Å². The van der Waals surface area contributed by atoms with Crippen LogP contribution in [0.4, 0.5) is 4.79 Å². The number of aromatic nitrogens is 4. The minimum atomic E-state index is -0.908. The minimum Gasteiger partial charge on any atom is -0.488 e. The Labute approximate surface area is 359 Å². The average molecular weight is 848 g/mol. The van der Waals surface area contributed by atoms with Gasteiger partial charge in [0.25, 0.3) is 0 Å². The summed E-state index contributed by atoms with van der Waals surface area (Å²) in [5.74, 6) is 0.700. The van der Waals surface area contributed by atoms with Gasteiger partial charge in [0, 0.05) is 43.8 Å². The Morgan fingerprint density at radius 2 is 1.39 bits per heavy atom. The van der Waals surface area contributed by atoms with Crippen LogP contribution in [-0.4, -0.2) is 113 Å². The summed E-state index contributed by atoms with van der Waals surface area (Å²) < 4.78 is 27.0. The number of amides is 3. The zero-order valence-corrected chi connectivity index (χ0v) is 35.9. The molecule has 3 aliphatic heterocycles. The Morgan fingerprint density at radius 3 is 2.02 bits per heavy atom. The summed E-state index contributed by atoms with van der Waals surface area (Å²) >= 11 is 0. The van der Waals surface area contributed by atoms with E-state index in [4.69, 9.17) is 33.7 Å². The van der Waals surface area contributed by atoms with Gasteiger partial charge in [0.1, 0.15) is 30.0 Å². The number of rotatable bonds is 13. The Balaban J connectivity index is 0.984. The lowest BCUT2D eigenvalue weighted by molar-refractivity contribution is -0.151. The molecular formula is C46H53N7O9. The minimum absolute atomic E-state index is 0.0528. The molecule has 8 rings (SSSR count). The van der Waals surface area contributed by atoms with Crippen LogP contribution < -0.4 is 10.1 Å². The molecule has 5 heterocycles. The number of aromatic amines is 2. The van der Waals surface area contributed by atoms with Crippen molar-refractivity contribution in [2.45, 2.75) is 82.9 Å². The van der Waals surface area contributed by atoms with Gasteiger partial charge in [-0.25, -0.2) is 14.8 Å². The molecule has 0 unspecified atom stereocenters. The van der Waals surface area contributed by atoms with Crippen molar-refractivity contribution in [2.75, 3.05) is 41.5 Å². The van der Waals surface area contributed by atoms with Gasteiger partial charge in [-0.3, -0.25) is 14.4 Å².